The van der Waals surface area contributed by atoms with Crippen LogP contribution in [0.4, 0.5) is 0 Å². The van der Waals surface area contributed by atoms with Crippen LogP contribution in [-0.4, -0.2) is 24.1 Å². The van der Waals surface area contributed by atoms with E-state index in [-0.39, 0.29) is 0 Å². The van der Waals surface area contributed by atoms with Crippen molar-refractivity contribution in [3.63, 3.8) is 0 Å². The molecule has 0 spiro atoms. The van der Waals surface area contributed by atoms with E-state index in [1.54, 1.807) is 25.6 Å². The second-order valence-corrected chi connectivity index (χ2v) is 3.66. The molecule has 0 aliphatic heterocycles. The van der Waals surface area contributed by atoms with Crippen molar-refractivity contribution < 1.29 is 9.47 Å². The van der Waals surface area contributed by atoms with E-state index in [0.29, 0.717) is 18.2 Å². The number of rotatable bonds is 5. The van der Waals surface area contributed by atoms with Crippen molar-refractivity contribution in [2.24, 2.45) is 0 Å². The normalized spacial score (nSPS) is 10.1. The molecule has 0 aliphatic carbocycles. The molecule has 1 N–H and O–H groups in total. The highest BCUT2D eigenvalue weighted by molar-refractivity contribution is 5.34. The number of benzene rings is 1. The highest BCUT2D eigenvalue weighted by Crippen LogP contribution is 2.23. The van der Waals surface area contributed by atoms with Crippen molar-refractivity contribution in [3.8, 4) is 17.4 Å². The number of methoxy groups -OCH3 is 1. The van der Waals surface area contributed by atoms with Crippen LogP contribution in [0.5, 0.6) is 17.4 Å². The molecule has 1 heterocycles. The molecule has 0 atom stereocenters. The minimum atomic E-state index is 0.461. The monoisotopic (exact) mass is 245 g/mol. The second kappa shape index (κ2) is 5.97. The number of nitrogens with one attached hydrogen (secondary N) is 1. The lowest BCUT2D eigenvalue weighted by molar-refractivity contribution is 0.407. The Balaban J connectivity index is 2.08. The van der Waals surface area contributed by atoms with Crippen LogP contribution in [-0.2, 0) is 6.54 Å². The summed E-state index contributed by atoms with van der Waals surface area (Å²) in [4.78, 5) is 8.41. The summed E-state index contributed by atoms with van der Waals surface area (Å²) in [5.74, 6) is 1.88. The van der Waals surface area contributed by atoms with Crippen LogP contribution in [0, 0.1) is 0 Å². The Morgan fingerprint density at radius 1 is 1.17 bits per heavy atom. The van der Waals surface area contributed by atoms with E-state index in [4.69, 9.17) is 9.47 Å². The van der Waals surface area contributed by atoms with Crippen molar-refractivity contribution in [1.82, 2.24) is 15.3 Å². The number of nitrogens with zero attached hydrogens (tertiary/aromatic N) is 2. The highest BCUT2D eigenvalue weighted by atomic mass is 16.5. The molecular weight excluding hydrogens is 230 g/mol. The summed E-state index contributed by atoms with van der Waals surface area (Å²) in [5.41, 5.74) is 0.871. The van der Waals surface area contributed by atoms with Crippen LogP contribution < -0.4 is 14.8 Å². The first-order chi connectivity index (χ1) is 8.81. The molecule has 0 saturated heterocycles. The SMILES string of the molecule is CNCc1cnc(Oc2cccc(OC)c2)cn1. The maximum atomic E-state index is 5.58. The lowest BCUT2D eigenvalue weighted by atomic mass is 10.3. The molecule has 2 rings (SSSR count). The van der Waals surface area contributed by atoms with Crippen molar-refractivity contribution in [3.05, 3.63) is 42.4 Å². The van der Waals surface area contributed by atoms with Gasteiger partial charge in [0.25, 0.3) is 0 Å². The second-order valence-electron chi connectivity index (χ2n) is 3.66. The third-order valence-electron chi connectivity index (χ3n) is 2.30. The van der Waals surface area contributed by atoms with Crippen LogP contribution in [0.15, 0.2) is 36.7 Å². The molecule has 0 fully saturated rings. The van der Waals surface area contributed by atoms with E-state index in [9.17, 15) is 0 Å². The summed E-state index contributed by atoms with van der Waals surface area (Å²) >= 11 is 0. The molecular formula is C13H15N3O2. The third kappa shape index (κ3) is 3.18. The molecule has 0 amide bonds. The van der Waals surface area contributed by atoms with Gasteiger partial charge in [-0.2, -0.15) is 0 Å². The smallest absolute Gasteiger partial charge is 0.237 e. The Morgan fingerprint density at radius 3 is 2.67 bits per heavy atom. The highest BCUT2D eigenvalue weighted by Gasteiger charge is 2.01. The predicted molar refractivity (Wildman–Crippen MR) is 67.9 cm³/mol. The summed E-state index contributed by atoms with van der Waals surface area (Å²) in [6, 6.07) is 7.35. The molecule has 5 heteroatoms. The summed E-state index contributed by atoms with van der Waals surface area (Å²) < 4.78 is 10.7. The first kappa shape index (κ1) is 12.3. The fraction of sp³-hybridized carbons (Fsp3) is 0.231. The van der Waals surface area contributed by atoms with E-state index in [2.05, 4.69) is 15.3 Å². The molecule has 5 nitrogen and oxygen atoms in total. The zero-order valence-corrected chi connectivity index (χ0v) is 10.4. The van der Waals surface area contributed by atoms with Crippen LogP contribution in [0.2, 0.25) is 0 Å². The van der Waals surface area contributed by atoms with E-state index in [1.165, 1.54) is 0 Å². The van der Waals surface area contributed by atoms with Crippen molar-refractivity contribution in [1.29, 1.82) is 0 Å². The van der Waals surface area contributed by atoms with Gasteiger partial charge in [-0.3, -0.25) is 4.98 Å². The minimum absolute atomic E-state index is 0.461. The largest absolute Gasteiger partial charge is 0.497 e. The lowest BCUT2D eigenvalue weighted by Gasteiger charge is -2.06. The molecule has 0 radical (unpaired) electrons. The average molecular weight is 245 g/mol. The lowest BCUT2D eigenvalue weighted by Crippen LogP contribution is -2.07. The van der Waals surface area contributed by atoms with Crippen LogP contribution in [0.25, 0.3) is 0 Å². The Bertz CT molecular complexity index is 500. The quantitative estimate of drug-likeness (QED) is 0.873. The van der Waals surface area contributed by atoms with Gasteiger partial charge in [-0.15, -0.1) is 0 Å². The summed E-state index contributed by atoms with van der Waals surface area (Å²) in [6.07, 6.45) is 3.29. The number of ether oxygens (including phenoxy) is 2. The molecule has 18 heavy (non-hydrogen) atoms. The van der Waals surface area contributed by atoms with Gasteiger partial charge in [0.2, 0.25) is 5.88 Å². The van der Waals surface area contributed by atoms with Crippen molar-refractivity contribution in [2.75, 3.05) is 14.2 Å². The maximum Gasteiger partial charge on any atom is 0.237 e. The Morgan fingerprint density at radius 2 is 2.00 bits per heavy atom. The van der Waals surface area contributed by atoms with Crippen LogP contribution in [0.3, 0.4) is 0 Å². The zero-order chi connectivity index (χ0) is 12.8. The van der Waals surface area contributed by atoms with Gasteiger partial charge < -0.3 is 14.8 Å². The zero-order valence-electron chi connectivity index (χ0n) is 10.4. The predicted octanol–water partition coefficient (Wildman–Crippen LogP) is 2.00. The Labute approximate surface area is 106 Å². The molecule has 1 aromatic carbocycles. The fourth-order valence-corrected chi connectivity index (χ4v) is 1.45. The molecule has 0 saturated carbocycles. The number of hydrogen-bond donors (Lipinski definition) is 1. The van der Waals surface area contributed by atoms with Crippen LogP contribution in [0.1, 0.15) is 5.69 Å². The van der Waals surface area contributed by atoms with E-state index < -0.39 is 0 Å². The maximum absolute atomic E-state index is 5.58. The summed E-state index contributed by atoms with van der Waals surface area (Å²) in [6.45, 7) is 0.687. The van der Waals surface area contributed by atoms with Gasteiger partial charge in [-0.1, -0.05) is 6.07 Å². The number of hydrogen-bond acceptors (Lipinski definition) is 5. The number of aromatic nitrogens is 2. The molecule has 2 aromatic rings. The average Bonchev–Trinajstić information content (AvgIpc) is 2.42. The first-order valence-corrected chi connectivity index (χ1v) is 5.59. The minimum Gasteiger partial charge on any atom is -0.497 e. The molecule has 94 valence electrons. The van der Waals surface area contributed by atoms with Gasteiger partial charge in [-0.05, 0) is 19.2 Å². The van der Waals surface area contributed by atoms with Gasteiger partial charge in [0.15, 0.2) is 0 Å². The van der Waals surface area contributed by atoms with Gasteiger partial charge in [0.05, 0.1) is 25.2 Å². The Hall–Kier alpha value is -2.14. The van der Waals surface area contributed by atoms with Gasteiger partial charge in [0, 0.05) is 12.6 Å². The summed E-state index contributed by atoms with van der Waals surface area (Å²) in [5, 5.41) is 3.01. The third-order valence-corrected chi connectivity index (χ3v) is 2.30. The summed E-state index contributed by atoms with van der Waals surface area (Å²) in [7, 11) is 3.48. The standard InChI is InChI=1S/C13H15N3O2/c1-14-7-10-8-16-13(9-15-10)18-12-5-3-4-11(6-12)17-2/h3-6,8-9,14H,7H2,1-2H3. The van der Waals surface area contributed by atoms with E-state index >= 15 is 0 Å². The topological polar surface area (TPSA) is 56.3 Å². The van der Waals surface area contributed by atoms with Crippen molar-refractivity contribution in [2.45, 2.75) is 6.54 Å². The van der Waals surface area contributed by atoms with Gasteiger partial charge in [0.1, 0.15) is 11.5 Å². The van der Waals surface area contributed by atoms with Crippen molar-refractivity contribution >= 4 is 0 Å². The first-order valence-electron chi connectivity index (χ1n) is 5.59. The van der Waals surface area contributed by atoms with Crippen LogP contribution >= 0.6 is 0 Å². The molecule has 0 aliphatic rings. The molecule has 0 bridgehead atoms. The molecule has 0 unspecified atom stereocenters. The Kier molecular flexibility index (Phi) is 4.09. The fourth-order valence-electron chi connectivity index (χ4n) is 1.45. The van der Waals surface area contributed by atoms with Gasteiger partial charge >= 0.3 is 0 Å². The van der Waals surface area contributed by atoms with E-state index in [0.717, 1.165) is 11.4 Å². The van der Waals surface area contributed by atoms with Gasteiger partial charge in [-0.25, -0.2) is 4.98 Å². The van der Waals surface area contributed by atoms with E-state index in [1.807, 2.05) is 25.2 Å². The molecule has 1 aromatic heterocycles.